The van der Waals surface area contributed by atoms with Gasteiger partial charge < -0.3 is 10.0 Å². The number of halogens is 1. The van der Waals surface area contributed by atoms with Crippen molar-refractivity contribution < 1.29 is 5.11 Å². The molecule has 0 saturated heterocycles. The molecular weight excluding hydrogens is 188 g/mol. The van der Waals surface area contributed by atoms with Crippen LogP contribution in [0.3, 0.4) is 0 Å². The maximum Gasteiger partial charge on any atom is 0.0822 e. The average Bonchev–Trinajstić information content (AvgIpc) is 2.16. The summed E-state index contributed by atoms with van der Waals surface area (Å²) in [6.45, 7) is 2.03. The molecule has 0 aliphatic heterocycles. The van der Waals surface area contributed by atoms with E-state index in [1.165, 1.54) is 0 Å². The van der Waals surface area contributed by atoms with Crippen molar-refractivity contribution in [2.75, 3.05) is 18.6 Å². The van der Waals surface area contributed by atoms with Crippen LogP contribution in [0.15, 0.2) is 18.5 Å². The Morgan fingerprint density at radius 1 is 1.69 bits per heavy atom. The zero-order valence-corrected chi connectivity index (χ0v) is 8.49. The van der Waals surface area contributed by atoms with Gasteiger partial charge in [-0.05, 0) is 13.0 Å². The average molecular weight is 201 g/mol. The van der Waals surface area contributed by atoms with Crippen molar-refractivity contribution in [3.63, 3.8) is 0 Å². The van der Waals surface area contributed by atoms with E-state index in [4.69, 9.17) is 16.7 Å². The number of anilines is 1. The first-order valence-electron chi connectivity index (χ1n) is 4.10. The first kappa shape index (κ1) is 10.3. The highest BCUT2D eigenvalue weighted by Crippen LogP contribution is 2.24. The maximum atomic E-state index is 8.96. The number of hydrogen-bond acceptors (Lipinski definition) is 3. The zero-order valence-electron chi connectivity index (χ0n) is 7.74. The minimum atomic E-state index is 0.0555. The largest absolute Gasteiger partial charge is 0.394 e. The molecule has 1 aromatic heterocycles. The summed E-state index contributed by atoms with van der Waals surface area (Å²) in [5, 5.41) is 9.56. The molecule has 0 amide bonds. The summed E-state index contributed by atoms with van der Waals surface area (Å²) in [5.41, 5.74) is 0.887. The van der Waals surface area contributed by atoms with Gasteiger partial charge in [-0.1, -0.05) is 11.6 Å². The van der Waals surface area contributed by atoms with Crippen molar-refractivity contribution in [1.29, 1.82) is 0 Å². The highest BCUT2D eigenvalue weighted by molar-refractivity contribution is 6.33. The lowest BCUT2D eigenvalue weighted by Crippen LogP contribution is -2.31. The molecule has 0 bridgehead atoms. The van der Waals surface area contributed by atoms with Crippen LogP contribution in [0.1, 0.15) is 6.92 Å². The molecule has 72 valence electrons. The van der Waals surface area contributed by atoms with E-state index in [2.05, 4.69) is 4.98 Å². The molecule has 1 atom stereocenters. The van der Waals surface area contributed by atoms with Gasteiger partial charge in [-0.25, -0.2) is 0 Å². The van der Waals surface area contributed by atoms with Gasteiger partial charge >= 0.3 is 0 Å². The van der Waals surface area contributed by atoms with Crippen LogP contribution >= 0.6 is 11.6 Å². The molecule has 4 heteroatoms. The van der Waals surface area contributed by atoms with Gasteiger partial charge in [0.05, 0.1) is 17.3 Å². The monoisotopic (exact) mass is 200 g/mol. The van der Waals surface area contributed by atoms with E-state index in [0.717, 1.165) is 5.69 Å². The number of likely N-dealkylation sites (N-methyl/N-ethyl adjacent to an activating group) is 1. The molecule has 13 heavy (non-hydrogen) atoms. The second kappa shape index (κ2) is 4.44. The molecule has 0 spiro atoms. The third-order valence-corrected chi connectivity index (χ3v) is 2.35. The van der Waals surface area contributed by atoms with Gasteiger partial charge in [0.1, 0.15) is 0 Å². The molecule has 1 aromatic rings. The second-order valence-electron chi connectivity index (χ2n) is 2.97. The maximum absolute atomic E-state index is 8.96. The third-order valence-electron chi connectivity index (χ3n) is 2.06. The van der Waals surface area contributed by atoms with E-state index < -0.39 is 0 Å². The zero-order chi connectivity index (χ0) is 9.84. The van der Waals surface area contributed by atoms with Gasteiger partial charge in [0.15, 0.2) is 0 Å². The fraction of sp³-hybridized carbons (Fsp3) is 0.444. The van der Waals surface area contributed by atoms with E-state index in [9.17, 15) is 0 Å². The van der Waals surface area contributed by atoms with Crippen LogP contribution in [0.25, 0.3) is 0 Å². The summed E-state index contributed by atoms with van der Waals surface area (Å²) in [6.07, 6.45) is 3.28. The Balaban J connectivity index is 2.88. The Hall–Kier alpha value is -0.800. The summed E-state index contributed by atoms with van der Waals surface area (Å²) in [7, 11) is 1.89. The summed E-state index contributed by atoms with van der Waals surface area (Å²) >= 11 is 5.93. The topological polar surface area (TPSA) is 36.4 Å². The van der Waals surface area contributed by atoms with Gasteiger partial charge in [0.2, 0.25) is 0 Å². The highest BCUT2D eigenvalue weighted by Gasteiger charge is 2.11. The fourth-order valence-corrected chi connectivity index (χ4v) is 1.27. The van der Waals surface area contributed by atoms with Crippen LogP contribution in [0.4, 0.5) is 5.69 Å². The number of nitrogens with zero attached hydrogens (tertiary/aromatic N) is 2. The molecule has 0 saturated carbocycles. The Morgan fingerprint density at radius 3 is 2.92 bits per heavy atom. The fourth-order valence-electron chi connectivity index (χ4n) is 1.01. The van der Waals surface area contributed by atoms with Crippen LogP contribution in [0.5, 0.6) is 0 Å². The van der Waals surface area contributed by atoms with Crippen LogP contribution in [0, 0.1) is 0 Å². The molecular formula is C9H13ClN2O. The number of aromatic nitrogens is 1. The van der Waals surface area contributed by atoms with Crippen molar-refractivity contribution >= 4 is 17.3 Å². The predicted octanol–water partition coefficient (Wildman–Crippen LogP) is 1.55. The van der Waals surface area contributed by atoms with Gasteiger partial charge in [0.25, 0.3) is 0 Å². The summed E-state index contributed by atoms with van der Waals surface area (Å²) < 4.78 is 0. The normalized spacial score (nSPS) is 12.6. The van der Waals surface area contributed by atoms with Crippen molar-refractivity contribution in [3.05, 3.63) is 23.5 Å². The number of aliphatic hydroxyl groups excluding tert-OH is 1. The standard InChI is InChI=1S/C9H13ClN2O/c1-7(6-13)12(2)9-3-4-11-5-8(9)10/h3-5,7,13H,6H2,1-2H3/t7-/m1/s1. The molecule has 1 heterocycles. The van der Waals surface area contributed by atoms with Crippen molar-refractivity contribution in [2.24, 2.45) is 0 Å². The molecule has 0 fully saturated rings. The van der Waals surface area contributed by atoms with Crippen molar-refractivity contribution in [1.82, 2.24) is 4.98 Å². The first-order valence-corrected chi connectivity index (χ1v) is 4.47. The predicted molar refractivity (Wildman–Crippen MR) is 54.2 cm³/mol. The molecule has 1 N–H and O–H groups in total. The van der Waals surface area contributed by atoms with Crippen LogP contribution < -0.4 is 4.90 Å². The lowest BCUT2D eigenvalue weighted by atomic mass is 10.3. The van der Waals surface area contributed by atoms with E-state index in [-0.39, 0.29) is 12.6 Å². The number of rotatable bonds is 3. The Morgan fingerprint density at radius 2 is 2.38 bits per heavy atom. The van der Waals surface area contributed by atoms with Crippen molar-refractivity contribution in [2.45, 2.75) is 13.0 Å². The number of pyridine rings is 1. The number of hydrogen-bond donors (Lipinski definition) is 1. The van der Waals surface area contributed by atoms with E-state index in [1.807, 2.05) is 24.9 Å². The summed E-state index contributed by atoms with van der Waals surface area (Å²) in [6, 6.07) is 1.88. The Kier molecular flexibility index (Phi) is 3.51. The van der Waals surface area contributed by atoms with Crippen LogP contribution in [-0.2, 0) is 0 Å². The summed E-state index contributed by atoms with van der Waals surface area (Å²) in [4.78, 5) is 5.81. The lowest BCUT2D eigenvalue weighted by molar-refractivity contribution is 0.270. The molecule has 0 aliphatic rings. The van der Waals surface area contributed by atoms with Gasteiger partial charge in [-0.2, -0.15) is 0 Å². The molecule has 1 rings (SSSR count). The van der Waals surface area contributed by atoms with Gasteiger partial charge in [0, 0.05) is 25.5 Å². The van der Waals surface area contributed by atoms with Gasteiger partial charge in [-0.3, -0.25) is 4.98 Å². The SMILES string of the molecule is C[C@H](CO)N(C)c1ccncc1Cl. The minimum absolute atomic E-state index is 0.0555. The van der Waals surface area contributed by atoms with E-state index >= 15 is 0 Å². The van der Waals surface area contributed by atoms with Gasteiger partial charge in [-0.15, -0.1) is 0 Å². The van der Waals surface area contributed by atoms with Crippen LogP contribution in [0.2, 0.25) is 5.02 Å². The van der Waals surface area contributed by atoms with Crippen molar-refractivity contribution in [3.8, 4) is 0 Å². The second-order valence-corrected chi connectivity index (χ2v) is 3.38. The van der Waals surface area contributed by atoms with Crippen LogP contribution in [-0.4, -0.2) is 29.8 Å². The Bertz CT molecular complexity index is 280. The highest BCUT2D eigenvalue weighted by atomic mass is 35.5. The quantitative estimate of drug-likeness (QED) is 0.805. The third kappa shape index (κ3) is 2.32. The summed E-state index contributed by atoms with van der Waals surface area (Å²) in [5.74, 6) is 0. The number of aliphatic hydroxyl groups is 1. The molecule has 0 radical (unpaired) electrons. The molecule has 3 nitrogen and oxygen atoms in total. The first-order chi connectivity index (χ1) is 6.16. The van der Waals surface area contributed by atoms with E-state index in [1.54, 1.807) is 12.4 Å². The minimum Gasteiger partial charge on any atom is -0.394 e. The smallest absolute Gasteiger partial charge is 0.0822 e. The Labute approximate surface area is 83.0 Å². The van der Waals surface area contributed by atoms with E-state index in [0.29, 0.717) is 5.02 Å². The molecule has 0 aromatic carbocycles. The lowest BCUT2D eigenvalue weighted by Gasteiger charge is -2.25. The molecule has 0 aliphatic carbocycles. The molecule has 0 unspecified atom stereocenters.